The van der Waals surface area contributed by atoms with E-state index in [1.165, 1.54) is 12.8 Å². The molecule has 0 aromatic carbocycles. The van der Waals surface area contributed by atoms with Crippen LogP contribution >= 0.6 is 0 Å². The molecule has 3 N–H and O–H groups in total. The van der Waals surface area contributed by atoms with Gasteiger partial charge in [-0.05, 0) is 19.3 Å². The van der Waals surface area contributed by atoms with E-state index in [4.69, 9.17) is 5.11 Å². The van der Waals surface area contributed by atoms with Crippen molar-refractivity contribution in [2.75, 3.05) is 6.54 Å². The Bertz CT molecular complexity index is 275. The first kappa shape index (κ1) is 15.0. The van der Waals surface area contributed by atoms with Crippen molar-refractivity contribution in [2.45, 2.75) is 64.0 Å². The van der Waals surface area contributed by atoms with E-state index in [9.17, 15) is 9.59 Å². The average Bonchev–Trinajstić information content (AvgIpc) is 2.78. The Labute approximate surface area is 108 Å². The summed E-state index contributed by atoms with van der Waals surface area (Å²) >= 11 is 0. The van der Waals surface area contributed by atoms with Gasteiger partial charge in [0.05, 0.1) is 13.0 Å². The molecule has 0 aromatic heterocycles. The molecule has 1 aliphatic rings. The van der Waals surface area contributed by atoms with Gasteiger partial charge in [0.2, 0.25) is 5.91 Å². The van der Waals surface area contributed by atoms with Crippen LogP contribution in [0.5, 0.6) is 0 Å². The van der Waals surface area contributed by atoms with E-state index in [0.29, 0.717) is 19.0 Å². The fourth-order valence-electron chi connectivity index (χ4n) is 2.43. The summed E-state index contributed by atoms with van der Waals surface area (Å²) in [6, 6.07) is 0.213. The molecule has 1 fully saturated rings. The van der Waals surface area contributed by atoms with Gasteiger partial charge in [-0.25, -0.2) is 0 Å². The van der Waals surface area contributed by atoms with Crippen LogP contribution in [-0.2, 0) is 9.59 Å². The summed E-state index contributed by atoms with van der Waals surface area (Å²) in [7, 11) is 0. The first-order chi connectivity index (χ1) is 8.61. The molecule has 5 heteroatoms. The lowest BCUT2D eigenvalue weighted by atomic mass is 10.1. The summed E-state index contributed by atoms with van der Waals surface area (Å²) in [5.74, 6) is -0.959. The van der Waals surface area contributed by atoms with Crippen LogP contribution in [-0.4, -0.2) is 35.6 Å². The van der Waals surface area contributed by atoms with Crippen molar-refractivity contribution < 1.29 is 14.7 Å². The van der Waals surface area contributed by atoms with Crippen molar-refractivity contribution in [3.8, 4) is 0 Å². The van der Waals surface area contributed by atoms with Crippen LogP contribution < -0.4 is 10.6 Å². The van der Waals surface area contributed by atoms with Crippen LogP contribution in [0.15, 0.2) is 0 Å². The molecule has 0 aromatic rings. The third kappa shape index (κ3) is 6.00. The molecule has 0 aliphatic heterocycles. The number of amides is 1. The van der Waals surface area contributed by atoms with Crippen LogP contribution in [0.2, 0.25) is 0 Å². The summed E-state index contributed by atoms with van der Waals surface area (Å²) < 4.78 is 0. The van der Waals surface area contributed by atoms with E-state index in [1.807, 2.05) is 6.92 Å². The molecule has 0 heterocycles. The van der Waals surface area contributed by atoms with Gasteiger partial charge < -0.3 is 15.7 Å². The summed E-state index contributed by atoms with van der Waals surface area (Å²) in [5.41, 5.74) is 0. The summed E-state index contributed by atoms with van der Waals surface area (Å²) in [6.07, 6.45) is 6.33. The van der Waals surface area contributed by atoms with Gasteiger partial charge in [0.1, 0.15) is 0 Å². The SMILES string of the molecule is CCCC(CC(=O)O)NC(=O)CNC1CCCC1. The zero-order valence-electron chi connectivity index (χ0n) is 11.1. The third-order valence-corrected chi connectivity index (χ3v) is 3.33. The molecule has 5 nitrogen and oxygen atoms in total. The molecule has 0 bridgehead atoms. The second-order valence-corrected chi connectivity index (χ2v) is 5.01. The summed E-state index contributed by atoms with van der Waals surface area (Å²) in [6.45, 7) is 2.28. The molecule has 0 saturated heterocycles. The summed E-state index contributed by atoms with van der Waals surface area (Å²) in [4.78, 5) is 22.4. The molecule has 1 atom stereocenters. The molecule has 1 aliphatic carbocycles. The van der Waals surface area contributed by atoms with E-state index < -0.39 is 5.97 Å². The smallest absolute Gasteiger partial charge is 0.305 e. The van der Waals surface area contributed by atoms with E-state index in [1.54, 1.807) is 0 Å². The Balaban J connectivity index is 2.24. The molecule has 1 unspecified atom stereocenters. The monoisotopic (exact) mass is 256 g/mol. The van der Waals surface area contributed by atoms with E-state index in [0.717, 1.165) is 19.3 Å². The largest absolute Gasteiger partial charge is 0.481 e. The van der Waals surface area contributed by atoms with Gasteiger partial charge in [0.25, 0.3) is 0 Å². The molecule has 1 rings (SSSR count). The van der Waals surface area contributed by atoms with Crippen molar-refractivity contribution in [3.05, 3.63) is 0 Å². The van der Waals surface area contributed by atoms with Gasteiger partial charge in [0, 0.05) is 12.1 Å². The zero-order chi connectivity index (χ0) is 13.4. The molecular weight excluding hydrogens is 232 g/mol. The zero-order valence-corrected chi connectivity index (χ0v) is 11.1. The van der Waals surface area contributed by atoms with Gasteiger partial charge in [-0.15, -0.1) is 0 Å². The summed E-state index contributed by atoms with van der Waals surface area (Å²) in [5, 5.41) is 14.8. The number of carboxylic acids is 1. The molecule has 0 spiro atoms. The first-order valence-electron chi connectivity index (χ1n) is 6.86. The highest BCUT2D eigenvalue weighted by atomic mass is 16.4. The van der Waals surface area contributed by atoms with Crippen molar-refractivity contribution in [2.24, 2.45) is 0 Å². The molecule has 1 amide bonds. The lowest BCUT2D eigenvalue weighted by Crippen LogP contribution is -2.43. The van der Waals surface area contributed by atoms with Crippen molar-refractivity contribution in [1.82, 2.24) is 10.6 Å². The Hall–Kier alpha value is -1.10. The van der Waals surface area contributed by atoms with Crippen LogP contribution in [0.4, 0.5) is 0 Å². The number of carbonyl (C=O) groups excluding carboxylic acids is 1. The maximum absolute atomic E-state index is 11.7. The number of aliphatic carboxylic acids is 1. The highest BCUT2D eigenvalue weighted by Gasteiger charge is 2.18. The normalized spacial score (nSPS) is 17.6. The average molecular weight is 256 g/mol. The Morgan fingerprint density at radius 3 is 2.56 bits per heavy atom. The van der Waals surface area contributed by atoms with Gasteiger partial charge in [0.15, 0.2) is 0 Å². The van der Waals surface area contributed by atoms with Crippen molar-refractivity contribution in [1.29, 1.82) is 0 Å². The van der Waals surface area contributed by atoms with Crippen molar-refractivity contribution >= 4 is 11.9 Å². The molecule has 18 heavy (non-hydrogen) atoms. The number of rotatable bonds is 8. The van der Waals surface area contributed by atoms with Crippen LogP contribution in [0.3, 0.4) is 0 Å². The van der Waals surface area contributed by atoms with Gasteiger partial charge in [-0.1, -0.05) is 26.2 Å². The maximum Gasteiger partial charge on any atom is 0.305 e. The Morgan fingerprint density at radius 2 is 2.00 bits per heavy atom. The standard InChI is InChI=1S/C13H24N2O3/c1-2-5-11(8-13(17)18)15-12(16)9-14-10-6-3-4-7-10/h10-11,14H,2-9H2,1H3,(H,15,16)(H,17,18). The minimum Gasteiger partial charge on any atom is -0.481 e. The fraction of sp³-hybridized carbons (Fsp3) is 0.846. The lowest BCUT2D eigenvalue weighted by molar-refractivity contribution is -0.137. The highest BCUT2D eigenvalue weighted by molar-refractivity contribution is 5.79. The first-order valence-corrected chi connectivity index (χ1v) is 6.86. The van der Waals surface area contributed by atoms with E-state index >= 15 is 0 Å². The number of hydrogen-bond acceptors (Lipinski definition) is 3. The van der Waals surface area contributed by atoms with Gasteiger partial charge in [-0.2, -0.15) is 0 Å². The minimum absolute atomic E-state index is 0.00298. The third-order valence-electron chi connectivity index (χ3n) is 3.33. The Kier molecular flexibility index (Phi) is 6.72. The predicted molar refractivity (Wildman–Crippen MR) is 69.4 cm³/mol. The minimum atomic E-state index is -0.863. The van der Waals surface area contributed by atoms with Crippen LogP contribution in [0.1, 0.15) is 51.9 Å². The lowest BCUT2D eigenvalue weighted by Gasteiger charge is -2.17. The Morgan fingerprint density at radius 1 is 1.33 bits per heavy atom. The molecule has 1 saturated carbocycles. The molecule has 0 radical (unpaired) electrons. The maximum atomic E-state index is 11.7. The number of carbonyl (C=O) groups is 2. The van der Waals surface area contributed by atoms with E-state index in [-0.39, 0.29) is 18.4 Å². The van der Waals surface area contributed by atoms with E-state index in [2.05, 4.69) is 10.6 Å². The topological polar surface area (TPSA) is 78.4 Å². The van der Waals surface area contributed by atoms with Gasteiger partial charge in [-0.3, -0.25) is 9.59 Å². The quantitative estimate of drug-likeness (QED) is 0.611. The second kappa shape index (κ2) is 8.08. The number of nitrogens with one attached hydrogen (secondary N) is 2. The molecule has 104 valence electrons. The van der Waals surface area contributed by atoms with Gasteiger partial charge >= 0.3 is 5.97 Å². The highest BCUT2D eigenvalue weighted by Crippen LogP contribution is 2.17. The van der Waals surface area contributed by atoms with Crippen LogP contribution in [0, 0.1) is 0 Å². The van der Waals surface area contributed by atoms with Crippen molar-refractivity contribution in [3.63, 3.8) is 0 Å². The molecular formula is C13H24N2O3. The predicted octanol–water partition coefficient (Wildman–Crippen LogP) is 1.28. The number of hydrogen-bond donors (Lipinski definition) is 3. The van der Waals surface area contributed by atoms with Crippen LogP contribution in [0.25, 0.3) is 0 Å². The number of carboxylic acid groups (broad SMARTS) is 1. The second-order valence-electron chi connectivity index (χ2n) is 5.01. The fourth-order valence-corrected chi connectivity index (χ4v) is 2.43.